The minimum absolute atomic E-state index is 0. The van der Waals surface area contributed by atoms with Crippen LogP contribution in [0.25, 0.3) is 10.2 Å². The summed E-state index contributed by atoms with van der Waals surface area (Å²) in [6, 6.07) is 19.0. The molecule has 3 aromatic rings. The molecule has 0 amide bonds. The van der Waals surface area contributed by atoms with Crippen LogP contribution in [0.1, 0.15) is 22.6 Å². The molecular weight excluding hydrogens is 385 g/mol. The van der Waals surface area contributed by atoms with Crippen LogP contribution in [0.4, 0.5) is 0 Å². The lowest BCUT2D eigenvalue weighted by Crippen LogP contribution is -2.42. The zero-order chi connectivity index (χ0) is 15.9. The number of aromatic nitrogens is 1. The Labute approximate surface area is 170 Å². The number of fused-ring (bicyclic) bond motifs is 3. The summed E-state index contributed by atoms with van der Waals surface area (Å²) >= 11 is 1.80. The Morgan fingerprint density at radius 1 is 1.04 bits per heavy atom. The van der Waals surface area contributed by atoms with Gasteiger partial charge in [0.2, 0.25) is 0 Å². The van der Waals surface area contributed by atoms with Crippen molar-refractivity contribution in [1.82, 2.24) is 15.2 Å². The van der Waals surface area contributed by atoms with Crippen LogP contribution in [0, 0.1) is 0 Å². The van der Waals surface area contributed by atoms with E-state index in [2.05, 4.69) is 58.7 Å². The van der Waals surface area contributed by atoms with Crippen molar-refractivity contribution >= 4 is 46.4 Å². The molecule has 2 unspecified atom stereocenters. The minimum atomic E-state index is 0. The summed E-state index contributed by atoms with van der Waals surface area (Å²) < 4.78 is 1.28. The highest BCUT2D eigenvalue weighted by Gasteiger charge is 2.37. The van der Waals surface area contributed by atoms with E-state index in [1.165, 1.54) is 40.3 Å². The summed E-state index contributed by atoms with van der Waals surface area (Å²) in [5.41, 5.74) is 3.89. The van der Waals surface area contributed by atoms with E-state index in [9.17, 15) is 0 Å². The van der Waals surface area contributed by atoms with Crippen molar-refractivity contribution in [2.24, 2.45) is 0 Å². The van der Waals surface area contributed by atoms with Gasteiger partial charge in [-0.05, 0) is 29.7 Å². The second kappa shape index (κ2) is 8.24. The average Bonchev–Trinajstić information content (AvgIpc) is 3.31. The van der Waals surface area contributed by atoms with Gasteiger partial charge in [-0.1, -0.05) is 36.4 Å². The molecule has 0 aliphatic carbocycles. The number of rotatable bonds is 4. The second-order valence-electron chi connectivity index (χ2n) is 6.99. The summed E-state index contributed by atoms with van der Waals surface area (Å²) in [6.45, 7) is 3.46. The highest BCUT2D eigenvalue weighted by atomic mass is 35.5. The van der Waals surface area contributed by atoms with Gasteiger partial charge in [0.05, 0.1) is 15.2 Å². The van der Waals surface area contributed by atoms with Crippen molar-refractivity contribution in [1.29, 1.82) is 0 Å². The highest BCUT2D eigenvalue weighted by Crippen LogP contribution is 2.26. The largest absolute Gasteiger partial charge is 0.311 e. The van der Waals surface area contributed by atoms with E-state index in [1.54, 1.807) is 11.3 Å². The summed E-state index contributed by atoms with van der Waals surface area (Å²) in [5.74, 6) is 0. The first-order valence-electron chi connectivity index (χ1n) is 8.73. The normalized spacial score (nSPS) is 21.5. The molecule has 1 aromatic heterocycles. The van der Waals surface area contributed by atoms with Crippen molar-refractivity contribution in [2.75, 3.05) is 13.1 Å². The van der Waals surface area contributed by atoms with Crippen LogP contribution < -0.4 is 5.32 Å². The molecule has 0 saturated carbocycles. The lowest BCUT2D eigenvalue weighted by atomic mass is 10.1. The molecule has 0 radical (unpaired) electrons. The number of likely N-dealkylation sites (tertiary alicyclic amines) is 1. The maximum Gasteiger partial charge on any atom is 0.0982 e. The second-order valence-corrected chi connectivity index (χ2v) is 8.11. The number of thiazole rings is 1. The molecule has 3 heterocycles. The van der Waals surface area contributed by atoms with Crippen LogP contribution in [0.3, 0.4) is 0 Å². The van der Waals surface area contributed by atoms with Crippen molar-refractivity contribution in [2.45, 2.75) is 31.5 Å². The predicted molar refractivity (Wildman–Crippen MR) is 114 cm³/mol. The van der Waals surface area contributed by atoms with Crippen LogP contribution >= 0.6 is 36.2 Å². The molecule has 5 rings (SSSR count). The van der Waals surface area contributed by atoms with Gasteiger partial charge in [-0.2, -0.15) is 0 Å². The number of para-hydroxylation sites is 1. The van der Waals surface area contributed by atoms with Crippen LogP contribution in [-0.2, 0) is 13.0 Å². The molecule has 6 heteroatoms. The van der Waals surface area contributed by atoms with Crippen molar-refractivity contribution in [3.05, 3.63) is 64.7 Å². The Morgan fingerprint density at radius 3 is 2.50 bits per heavy atom. The van der Waals surface area contributed by atoms with Gasteiger partial charge < -0.3 is 5.32 Å². The van der Waals surface area contributed by atoms with Gasteiger partial charge in [-0.15, -0.1) is 36.2 Å². The van der Waals surface area contributed by atoms with Gasteiger partial charge in [-0.3, -0.25) is 4.90 Å². The monoisotopic (exact) mass is 407 g/mol. The SMILES string of the molecule is Cl.Cl.c1ccc2sc(Cc3ccc(CN4CC5CC4CN5)cc3)nc2c1. The number of piperazine rings is 1. The molecule has 2 aromatic carbocycles. The summed E-state index contributed by atoms with van der Waals surface area (Å²) in [7, 11) is 0. The Morgan fingerprint density at radius 2 is 1.81 bits per heavy atom. The topological polar surface area (TPSA) is 28.2 Å². The molecule has 2 fully saturated rings. The fraction of sp³-hybridized carbons (Fsp3) is 0.350. The molecule has 2 aliphatic heterocycles. The van der Waals surface area contributed by atoms with Crippen molar-refractivity contribution in [3.8, 4) is 0 Å². The van der Waals surface area contributed by atoms with E-state index in [1.807, 2.05) is 0 Å². The van der Waals surface area contributed by atoms with E-state index in [-0.39, 0.29) is 24.8 Å². The third kappa shape index (κ3) is 3.90. The van der Waals surface area contributed by atoms with E-state index in [0.717, 1.165) is 30.6 Å². The zero-order valence-corrected chi connectivity index (χ0v) is 16.9. The van der Waals surface area contributed by atoms with Gasteiger partial charge in [0.25, 0.3) is 0 Å². The first kappa shape index (κ1) is 19.6. The van der Waals surface area contributed by atoms with Gasteiger partial charge in [-0.25, -0.2) is 4.98 Å². The van der Waals surface area contributed by atoms with Crippen molar-refractivity contribution < 1.29 is 0 Å². The maximum absolute atomic E-state index is 4.74. The molecule has 2 bridgehead atoms. The molecule has 0 spiro atoms. The Kier molecular flexibility index (Phi) is 6.21. The van der Waals surface area contributed by atoms with E-state index >= 15 is 0 Å². The van der Waals surface area contributed by atoms with Crippen LogP contribution in [0.5, 0.6) is 0 Å². The van der Waals surface area contributed by atoms with Crippen LogP contribution in [0.15, 0.2) is 48.5 Å². The van der Waals surface area contributed by atoms with E-state index < -0.39 is 0 Å². The number of hydrogen-bond acceptors (Lipinski definition) is 4. The first-order chi connectivity index (χ1) is 11.8. The Hall–Kier alpha value is -1.17. The molecule has 2 saturated heterocycles. The van der Waals surface area contributed by atoms with Gasteiger partial charge >= 0.3 is 0 Å². The molecule has 2 atom stereocenters. The predicted octanol–water partition coefficient (Wildman–Crippen LogP) is 4.28. The fourth-order valence-corrected chi connectivity index (χ4v) is 5.01. The maximum atomic E-state index is 4.74. The summed E-state index contributed by atoms with van der Waals surface area (Å²) in [4.78, 5) is 7.37. The number of nitrogens with one attached hydrogen (secondary N) is 1. The third-order valence-electron chi connectivity index (χ3n) is 5.27. The van der Waals surface area contributed by atoms with Gasteiger partial charge in [0, 0.05) is 38.1 Å². The quantitative estimate of drug-likeness (QED) is 0.699. The smallest absolute Gasteiger partial charge is 0.0982 e. The highest BCUT2D eigenvalue weighted by molar-refractivity contribution is 7.18. The molecule has 2 aliphatic rings. The lowest BCUT2D eigenvalue weighted by molar-refractivity contribution is 0.218. The van der Waals surface area contributed by atoms with E-state index in [0.29, 0.717) is 0 Å². The summed E-state index contributed by atoms with van der Waals surface area (Å²) in [6.07, 6.45) is 2.26. The number of halogens is 2. The number of nitrogens with zero attached hydrogens (tertiary/aromatic N) is 2. The molecule has 138 valence electrons. The van der Waals surface area contributed by atoms with Crippen LogP contribution in [0.2, 0.25) is 0 Å². The summed E-state index contributed by atoms with van der Waals surface area (Å²) in [5, 5.41) is 4.77. The van der Waals surface area contributed by atoms with Crippen molar-refractivity contribution in [3.63, 3.8) is 0 Å². The standard InChI is InChI=1S/C20H21N3S.2ClH/c1-2-4-19-18(3-1)22-20(24-19)9-14-5-7-15(8-6-14)12-23-13-16-10-17(23)11-21-16;;/h1-8,16-17,21H,9-13H2;2*1H. The minimum Gasteiger partial charge on any atom is -0.311 e. The molecule has 3 nitrogen and oxygen atoms in total. The fourth-order valence-electron chi connectivity index (χ4n) is 4.01. The lowest BCUT2D eigenvalue weighted by Gasteiger charge is -2.27. The molecule has 26 heavy (non-hydrogen) atoms. The first-order valence-corrected chi connectivity index (χ1v) is 9.55. The third-order valence-corrected chi connectivity index (χ3v) is 6.31. The van der Waals surface area contributed by atoms with Gasteiger partial charge in [0.1, 0.15) is 0 Å². The zero-order valence-electron chi connectivity index (χ0n) is 14.4. The molecule has 1 N–H and O–H groups in total. The number of benzene rings is 2. The Balaban J connectivity index is 0.000000980. The van der Waals surface area contributed by atoms with Crippen LogP contribution in [-0.4, -0.2) is 35.1 Å². The Bertz CT molecular complexity index is 832. The number of hydrogen-bond donors (Lipinski definition) is 1. The molecular formula is C20H23Cl2N3S. The van der Waals surface area contributed by atoms with E-state index in [4.69, 9.17) is 4.98 Å². The van der Waals surface area contributed by atoms with Gasteiger partial charge in [0.15, 0.2) is 0 Å². The average molecular weight is 408 g/mol.